The number of anilines is 2. The van der Waals surface area contributed by atoms with Crippen molar-refractivity contribution >= 4 is 77.5 Å². The number of esters is 1. The zero-order valence-corrected chi connectivity index (χ0v) is 20.6. The van der Waals surface area contributed by atoms with Gasteiger partial charge in [-0.15, -0.1) is 0 Å². The molecule has 3 aromatic carbocycles. The number of halogens is 3. The van der Waals surface area contributed by atoms with Crippen LogP contribution in [0.15, 0.2) is 65.6 Å². The lowest BCUT2D eigenvalue weighted by molar-refractivity contribution is -0.119. The maximum Gasteiger partial charge on any atom is 0.340 e. The zero-order valence-electron chi connectivity index (χ0n) is 17.4. The highest BCUT2D eigenvalue weighted by molar-refractivity contribution is 7.92. The van der Waals surface area contributed by atoms with E-state index in [2.05, 4.69) is 15.0 Å². The molecule has 0 aliphatic carbocycles. The van der Waals surface area contributed by atoms with Crippen LogP contribution in [0.3, 0.4) is 0 Å². The number of hydrogen-bond acceptors (Lipinski definition) is 7. The number of amides is 1. The average molecular weight is 554 g/mol. The molecular weight excluding hydrogens is 540 g/mol. The zero-order chi connectivity index (χ0) is 25.2. The van der Waals surface area contributed by atoms with Gasteiger partial charge in [-0.1, -0.05) is 58.8 Å². The van der Waals surface area contributed by atoms with Crippen molar-refractivity contribution in [1.82, 2.24) is 4.98 Å². The third-order valence-corrected chi connectivity index (χ3v) is 7.62. The minimum atomic E-state index is -4.40. The highest BCUT2D eigenvalue weighted by atomic mass is 35.5. The molecule has 4 aromatic rings. The van der Waals surface area contributed by atoms with Gasteiger partial charge in [0, 0.05) is 0 Å². The molecule has 4 rings (SSSR count). The third kappa shape index (κ3) is 5.70. The normalized spacial score (nSPS) is 11.3. The Bertz CT molecular complexity index is 1530. The van der Waals surface area contributed by atoms with Crippen molar-refractivity contribution in [1.29, 1.82) is 0 Å². The van der Waals surface area contributed by atoms with Crippen LogP contribution in [0.2, 0.25) is 10.0 Å². The molecule has 1 amide bonds. The van der Waals surface area contributed by atoms with Crippen molar-refractivity contribution < 1.29 is 27.1 Å². The summed E-state index contributed by atoms with van der Waals surface area (Å²) in [5.74, 6) is -2.52. The Balaban J connectivity index is 1.48. The molecule has 13 heteroatoms. The lowest BCUT2D eigenvalue weighted by atomic mass is 10.2. The standard InChI is InChI=1S/C22H14Cl2FN3O5S2/c23-13-10-14(24)19(35(31,32)28-16-6-2-1-5-15(16)25)9-12(13)21(30)33-11-20(29)27-22-26-17-7-3-4-8-18(17)34-22/h1-10,28H,11H2,(H,26,27,29). The average Bonchev–Trinajstić information content (AvgIpc) is 3.21. The van der Waals surface area contributed by atoms with Gasteiger partial charge in [0.05, 0.1) is 31.5 Å². The number of para-hydroxylation sites is 2. The van der Waals surface area contributed by atoms with E-state index < -0.39 is 39.2 Å². The highest BCUT2D eigenvalue weighted by Gasteiger charge is 2.25. The van der Waals surface area contributed by atoms with Gasteiger partial charge in [0.1, 0.15) is 10.7 Å². The van der Waals surface area contributed by atoms with Crippen LogP contribution in [0.25, 0.3) is 10.2 Å². The lowest BCUT2D eigenvalue weighted by Crippen LogP contribution is -2.21. The van der Waals surface area contributed by atoms with E-state index in [1.165, 1.54) is 29.5 Å². The Kier molecular flexibility index (Phi) is 7.22. The molecule has 0 radical (unpaired) electrons. The van der Waals surface area contributed by atoms with E-state index in [4.69, 9.17) is 27.9 Å². The molecule has 0 aliphatic rings. The van der Waals surface area contributed by atoms with E-state index in [9.17, 15) is 22.4 Å². The van der Waals surface area contributed by atoms with Crippen molar-refractivity contribution in [2.24, 2.45) is 0 Å². The van der Waals surface area contributed by atoms with Crippen LogP contribution < -0.4 is 10.0 Å². The molecule has 35 heavy (non-hydrogen) atoms. The maximum absolute atomic E-state index is 13.9. The van der Waals surface area contributed by atoms with E-state index in [-0.39, 0.29) is 21.3 Å². The summed E-state index contributed by atoms with van der Waals surface area (Å²) in [6.45, 7) is -0.677. The summed E-state index contributed by atoms with van der Waals surface area (Å²) in [5.41, 5.74) is 0.0439. The van der Waals surface area contributed by atoms with E-state index in [1.807, 2.05) is 18.2 Å². The monoisotopic (exact) mass is 553 g/mol. The second-order valence-corrected chi connectivity index (χ2v) is 10.5. The second-order valence-electron chi connectivity index (χ2n) is 6.96. The number of carbonyl (C=O) groups is 2. The molecule has 8 nitrogen and oxygen atoms in total. The van der Waals surface area contributed by atoms with Gasteiger partial charge in [0.15, 0.2) is 11.7 Å². The van der Waals surface area contributed by atoms with Crippen LogP contribution in [-0.4, -0.2) is 31.9 Å². The fraction of sp³-hybridized carbons (Fsp3) is 0.0455. The Hall–Kier alpha value is -3.25. The van der Waals surface area contributed by atoms with Crippen LogP contribution in [0.5, 0.6) is 0 Å². The number of aromatic nitrogens is 1. The number of nitrogens with one attached hydrogen (secondary N) is 2. The van der Waals surface area contributed by atoms with E-state index in [1.54, 1.807) is 6.07 Å². The number of ether oxygens (including phenoxy) is 1. The highest BCUT2D eigenvalue weighted by Crippen LogP contribution is 2.31. The first-order valence-electron chi connectivity index (χ1n) is 9.73. The summed E-state index contributed by atoms with van der Waals surface area (Å²) in [4.78, 5) is 28.5. The summed E-state index contributed by atoms with van der Waals surface area (Å²) < 4.78 is 47.4. The van der Waals surface area contributed by atoms with E-state index >= 15 is 0 Å². The maximum atomic E-state index is 13.9. The number of rotatable bonds is 7. The number of carbonyl (C=O) groups excluding carboxylic acids is 2. The molecule has 1 aromatic heterocycles. The van der Waals surface area contributed by atoms with E-state index in [0.29, 0.717) is 10.6 Å². The topological polar surface area (TPSA) is 114 Å². The fourth-order valence-corrected chi connectivity index (χ4v) is 5.73. The van der Waals surface area contributed by atoms with Gasteiger partial charge in [-0.25, -0.2) is 22.6 Å². The molecule has 0 saturated carbocycles. The number of thiazole rings is 1. The molecule has 0 unspecified atom stereocenters. The Morgan fingerprint density at radius 1 is 1.03 bits per heavy atom. The van der Waals surface area contributed by atoms with Crippen molar-refractivity contribution in [3.63, 3.8) is 0 Å². The molecule has 180 valence electrons. The molecule has 0 fully saturated rings. The summed E-state index contributed by atoms with van der Waals surface area (Å²) >= 11 is 13.3. The number of fused-ring (bicyclic) bond motifs is 1. The number of nitrogens with zero attached hydrogens (tertiary/aromatic N) is 1. The molecular formula is C22H14Cl2FN3O5S2. The van der Waals surface area contributed by atoms with Gasteiger partial charge in [-0.05, 0) is 36.4 Å². The molecule has 0 spiro atoms. The summed E-state index contributed by atoms with van der Waals surface area (Å²) in [5, 5.41) is 2.35. The minimum absolute atomic E-state index is 0.198. The smallest absolute Gasteiger partial charge is 0.340 e. The first-order chi connectivity index (χ1) is 16.6. The summed E-state index contributed by atoms with van der Waals surface area (Å²) in [6.07, 6.45) is 0. The predicted molar refractivity (Wildman–Crippen MR) is 132 cm³/mol. The van der Waals surface area contributed by atoms with Crippen molar-refractivity contribution in [3.8, 4) is 0 Å². The third-order valence-electron chi connectivity index (χ3n) is 4.52. The van der Waals surface area contributed by atoms with Crippen LogP contribution in [-0.2, 0) is 19.6 Å². The van der Waals surface area contributed by atoms with Crippen LogP contribution in [0.1, 0.15) is 10.4 Å². The lowest BCUT2D eigenvalue weighted by Gasteiger charge is -2.12. The van der Waals surface area contributed by atoms with Gasteiger partial charge in [-0.2, -0.15) is 0 Å². The molecule has 0 bridgehead atoms. The fourth-order valence-electron chi connectivity index (χ4n) is 2.93. The quantitative estimate of drug-likeness (QED) is 0.298. The van der Waals surface area contributed by atoms with Crippen LogP contribution in [0, 0.1) is 5.82 Å². The first kappa shape index (κ1) is 24.9. The van der Waals surface area contributed by atoms with Crippen molar-refractivity contribution in [2.45, 2.75) is 4.90 Å². The van der Waals surface area contributed by atoms with Gasteiger partial charge in [0.2, 0.25) is 0 Å². The molecule has 0 aliphatic heterocycles. The van der Waals surface area contributed by atoms with Crippen molar-refractivity contribution in [3.05, 3.63) is 82.1 Å². The van der Waals surface area contributed by atoms with Gasteiger partial charge < -0.3 is 4.74 Å². The Morgan fingerprint density at radius 2 is 1.74 bits per heavy atom. The summed E-state index contributed by atoms with van der Waals surface area (Å²) in [6, 6.07) is 14.3. The SMILES string of the molecule is O=C(COC(=O)c1cc(S(=O)(=O)Nc2ccccc2F)c(Cl)cc1Cl)Nc1nc2ccccc2s1. The Morgan fingerprint density at radius 3 is 2.49 bits per heavy atom. The van der Waals surface area contributed by atoms with Gasteiger partial charge in [0.25, 0.3) is 15.9 Å². The molecule has 0 saturated heterocycles. The van der Waals surface area contributed by atoms with Crippen LogP contribution >= 0.6 is 34.5 Å². The van der Waals surface area contributed by atoms with E-state index in [0.717, 1.165) is 22.9 Å². The molecule has 0 atom stereocenters. The van der Waals surface area contributed by atoms with Gasteiger partial charge >= 0.3 is 5.97 Å². The number of hydrogen-bond donors (Lipinski definition) is 2. The number of sulfonamides is 1. The predicted octanol–water partition coefficient (Wildman–Crippen LogP) is 5.34. The number of benzene rings is 3. The largest absolute Gasteiger partial charge is 0.452 e. The first-order valence-corrected chi connectivity index (χ1v) is 12.8. The van der Waals surface area contributed by atoms with Gasteiger partial charge in [-0.3, -0.25) is 14.8 Å². The molecule has 1 heterocycles. The van der Waals surface area contributed by atoms with Crippen molar-refractivity contribution in [2.75, 3.05) is 16.6 Å². The second kappa shape index (κ2) is 10.2. The summed E-state index contributed by atoms with van der Waals surface area (Å²) in [7, 11) is -4.40. The molecule has 2 N–H and O–H groups in total. The minimum Gasteiger partial charge on any atom is -0.452 e. The van der Waals surface area contributed by atoms with Crippen LogP contribution in [0.4, 0.5) is 15.2 Å². The Labute approximate surface area is 212 Å².